The second-order valence-electron chi connectivity index (χ2n) is 18.3. The molecule has 12 aromatic rings. The lowest BCUT2D eigenvalue weighted by molar-refractivity contribution is 0.620. The van der Waals surface area contributed by atoms with Crippen LogP contribution in [0.3, 0.4) is 0 Å². The van der Waals surface area contributed by atoms with Gasteiger partial charge in [-0.3, -0.25) is 0 Å². The van der Waals surface area contributed by atoms with Gasteiger partial charge in [0, 0.05) is 33.9 Å². The highest BCUT2D eigenvalue weighted by atomic mass is 16.3. The van der Waals surface area contributed by atoms with Gasteiger partial charge in [0.1, 0.15) is 5.52 Å². The minimum Gasteiger partial charge on any atom is -0.436 e. The summed E-state index contributed by atoms with van der Waals surface area (Å²) in [7, 11) is 0. The minimum absolute atomic E-state index is 0.265. The quantitative estimate of drug-likeness (QED) is 0.145. The molecular weight excluding hydrogens is 849 g/mol. The summed E-state index contributed by atoms with van der Waals surface area (Å²) in [4.78, 5) is 7.44. The number of hydrogen-bond donors (Lipinski definition) is 0. The van der Waals surface area contributed by atoms with Crippen LogP contribution in [0.2, 0.25) is 0 Å². The van der Waals surface area contributed by atoms with Gasteiger partial charge in [-0.25, -0.2) is 4.98 Å². The van der Waals surface area contributed by atoms with Gasteiger partial charge < -0.3 is 9.32 Å². The van der Waals surface area contributed by atoms with Gasteiger partial charge in [0.2, 0.25) is 5.89 Å². The van der Waals surface area contributed by atoms with E-state index in [0.717, 1.165) is 84.3 Å². The van der Waals surface area contributed by atoms with Crippen LogP contribution in [0.5, 0.6) is 0 Å². The Labute approximate surface area is 407 Å². The van der Waals surface area contributed by atoms with E-state index in [-0.39, 0.29) is 5.92 Å². The highest BCUT2D eigenvalue weighted by Crippen LogP contribution is 2.43. The molecule has 1 atom stereocenters. The van der Waals surface area contributed by atoms with E-state index in [1.807, 2.05) is 30.3 Å². The van der Waals surface area contributed by atoms with E-state index >= 15 is 0 Å². The molecule has 0 radical (unpaired) electrons. The number of anilines is 3. The molecule has 3 heteroatoms. The summed E-state index contributed by atoms with van der Waals surface area (Å²) in [5, 5.41) is 4.68. The fourth-order valence-electron chi connectivity index (χ4n) is 10.4. The summed E-state index contributed by atoms with van der Waals surface area (Å²) in [5.41, 5.74) is 19.1. The van der Waals surface area contributed by atoms with Crippen LogP contribution >= 0.6 is 0 Å². The van der Waals surface area contributed by atoms with Gasteiger partial charge in [-0.05, 0) is 157 Å². The predicted molar refractivity (Wildman–Crippen MR) is 293 cm³/mol. The van der Waals surface area contributed by atoms with Crippen LogP contribution in [-0.4, -0.2) is 4.98 Å². The summed E-state index contributed by atoms with van der Waals surface area (Å²) in [6.07, 6.45) is 5.63. The SMILES string of the molecule is C1=CC(c2cccc(N(c3cccc(-c4ccc5ccccc5c4)c3)c3cc(-c4ccccc4)cc(-c4ccc(-c5cccc6c5ccc5oc(-c7ccccc7)nc56)cc4)c3)c2)Cc2ccccc21. The second-order valence-corrected chi connectivity index (χ2v) is 18.3. The maximum absolute atomic E-state index is 6.26. The number of fused-ring (bicyclic) bond motifs is 5. The summed E-state index contributed by atoms with van der Waals surface area (Å²) in [5.74, 6) is 0.896. The first-order chi connectivity index (χ1) is 34.6. The van der Waals surface area contributed by atoms with E-state index in [1.165, 1.54) is 38.6 Å². The Hall–Kier alpha value is -9.05. The third-order valence-corrected chi connectivity index (χ3v) is 14.0. The van der Waals surface area contributed by atoms with Gasteiger partial charge in [0.05, 0.1) is 0 Å². The Morgan fingerprint density at radius 2 is 1.03 bits per heavy atom. The molecule has 0 amide bonds. The molecule has 0 saturated carbocycles. The molecule has 1 aliphatic carbocycles. The topological polar surface area (TPSA) is 29.3 Å². The lowest BCUT2D eigenvalue weighted by Gasteiger charge is -2.29. The molecule has 1 aromatic heterocycles. The molecule has 0 bridgehead atoms. The van der Waals surface area contributed by atoms with Crippen molar-refractivity contribution in [1.82, 2.24) is 4.98 Å². The van der Waals surface area contributed by atoms with E-state index in [2.05, 4.69) is 235 Å². The van der Waals surface area contributed by atoms with Gasteiger partial charge in [0.25, 0.3) is 0 Å². The van der Waals surface area contributed by atoms with Crippen LogP contribution < -0.4 is 4.90 Å². The fourth-order valence-corrected chi connectivity index (χ4v) is 10.4. The van der Waals surface area contributed by atoms with Crippen LogP contribution in [-0.2, 0) is 6.42 Å². The predicted octanol–water partition coefficient (Wildman–Crippen LogP) is 18.3. The van der Waals surface area contributed by atoms with Crippen molar-refractivity contribution >= 4 is 55.8 Å². The average molecular weight is 895 g/mol. The highest BCUT2D eigenvalue weighted by Gasteiger charge is 2.21. The van der Waals surface area contributed by atoms with E-state index in [0.29, 0.717) is 5.89 Å². The fraction of sp³-hybridized carbons (Fsp3) is 0.0299. The molecule has 0 fully saturated rings. The van der Waals surface area contributed by atoms with Crippen LogP contribution in [0.25, 0.3) is 94.7 Å². The van der Waals surface area contributed by atoms with Gasteiger partial charge in [-0.15, -0.1) is 0 Å². The number of benzene rings is 11. The molecule has 0 spiro atoms. The number of oxazole rings is 1. The van der Waals surface area contributed by atoms with Gasteiger partial charge >= 0.3 is 0 Å². The van der Waals surface area contributed by atoms with Crippen molar-refractivity contribution in [2.24, 2.45) is 0 Å². The molecular formula is C67H46N2O. The summed E-state index contributed by atoms with van der Waals surface area (Å²) in [6.45, 7) is 0. The zero-order valence-corrected chi connectivity index (χ0v) is 38.4. The van der Waals surface area contributed by atoms with Crippen LogP contribution in [0.15, 0.2) is 259 Å². The van der Waals surface area contributed by atoms with Gasteiger partial charge in [-0.1, -0.05) is 188 Å². The maximum atomic E-state index is 6.26. The van der Waals surface area contributed by atoms with Crippen molar-refractivity contribution < 1.29 is 4.42 Å². The molecule has 1 heterocycles. The zero-order chi connectivity index (χ0) is 46.4. The Morgan fingerprint density at radius 1 is 0.400 bits per heavy atom. The smallest absolute Gasteiger partial charge is 0.227 e. The molecule has 1 aliphatic rings. The third kappa shape index (κ3) is 7.74. The van der Waals surface area contributed by atoms with E-state index < -0.39 is 0 Å². The van der Waals surface area contributed by atoms with Crippen molar-refractivity contribution in [3.05, 3.63) is 271 Å². The molecule has 330 valence electrons. The molecule has 1 unspecified atom stereocenters. The first-order valence-electron chi connectivity index (χ1n) is 24.1. The van der Waals surface area contributed by atoms with Crippen molar-refractivity contribution in [3.63, 3.8) is 0 Å². The number of aromatic nitrogens is 1. The van der Waals surface area contributed by atoms with E-state index in [9.17, 15) is 0 Å². The largest absolute Gasteiger partial charge is 0.436 e. The Bertz CT molecular complexity index is 3920. The van der Waals surface area contributed by atoms with E-state index in [4.69, 9.17) is 9.40 Å². The molecule has 11 aromatic carbocycles. The molecule has 3 nitrogen and oxygen atoms in total. The van der Waals surface area contributed by atoms with Crippen molar-refractivity contribution in [3.8, 4) is 56.0 Å². The molecule has 0 N–H and O–H groups in total. The number of rotatable bonds is 9. The third-order valence-electron chi connectivity index (χ3n) is 14.0. The molecule has 0 aliphatic heterocycles. The number of allylic oxidation sites excluding steroid dienone is 1. The average Bonchev–Trinajstić information content (AvgIpc) is 3.89. The lowest BCUT2D eigenvalue weighted by atomic mass is 9.85. The number of hydrogen-bond acceptors (Lipinski definition) is 3. The standard InChI is InChI=1S/C67H46N2O/c1-3-14-45(15-4-1)57-40-58(48-28-32-49(33-29-48)62-26-13-27-64-63(62)36-37-65-66(64)68-67(70-65)50-18-5-2-6-19-50)44-61(43-57)69(59-24-11-22-53(41-59)55-34-30-46-16-7-9-20-51(46)38-55)60-25-12-23-54(42-60)56-35-31-47-17-8-10-21-52(47)39-56/h1-38,40-44,56H,39H2. The molecule has 13 rings (SSSR count). The Morgan fingerprint density at radius 3 is 1.86 bits per heavy atom. The Kier molecular flexibility index (Phi) is 10.3. The molecule has 70 heavy (non-hydrogen) atoms. The lowest BCUT2D eigenvalue weighted by Crippen LogP contribution is -2.12. The zero-order valence-electron chi connectivity index (χ0n) is 38.4. The Balaban J connectivity index is 0.931. The first-order valence-corrected chi connectivity index (χ1v) is 24.1. The van der Waals surface area contributed by atoms with Crippen molar-refractivity contribution in [1.29, 1.82) is 0 Å². The van der Waals surface area contributed by atoms with Crippen molar-refractivity contribution in [2.45, 2.75) is 12.3 Å². The first kappa shape index (κ1) is 41.2. The van der Waals surface area contributed by atoms with Crippen LogP contribution in [0.1, 0.15) is 22.6 Å². The summed E-state index contributed by atoms with van der Waals surface area (Å²) < 4.78 is 6.26. The normalized spacial score (nSPS) is 13.2. The summed E-state index contributed by atoms with van der Waals surface area (Å²) in [6, 6.07) is 90.0. The van der Waals surface area contributed by atoms with Gasteiger partial charge in [0.15, 0.2) is 5.58 Å². The summed E-state index contributed by atoms with van der Waals surface area (Å²) >= 11 is 0. The second kappa shape index (κ2) is 17.6. The monoisotopic (exact) mass is 894 g/mol. The molecule has 0 saturated heterocycles. The van der Waals surface area contributed by atoms with Crippen LogP contribution in [0, 0.1) is 0 Å². The van der Waals surface area contributed by atoms with Crippen LogP contribution in [0.4, 0.5) is 17.1 Å². The highest BCUT2D eigenvalue weighted by molar-refractivity contribution is 6.09. The van der Waals surface area contributed by atoms with Gasteiger partial charge in [-0.2, -0.15) is 0 Å². The van der Waals surface area contributed by atoms with E-state index in [1.54, 1.807) is 0 Å². The van der Waals surface area contributed by atoms with Crippen molar-refractivity contribution in [2.75, 3.05) is 4.90 Å². The maximum Gasteiger partial charge on any atom is 0.227 e. The number of nitrogens with zero attached hydrogens (tertiary/aromatic N) is 2. The minimum atomic E-state index is 0.265.